The van der Waals surface area contributed by atoms with Crippen LogP contribution in [0.4, 0.5) is 0 Å². The van der Waals surface area contributed by atoms with E-state index in [0.29, 0.717) is 12.6 Å². The van der Waals surface area contributed by atoms with Crippen molar-refractivity contribution in [1.82, 2.24) is 4.90 Å². The molecular weight excluding hydrogens is 214 g/mol. The Balaban J connectivity index is 1.86. The largest absolute Gasteiger partial charge is 0.395 e. The number of hydrogen-bond donors (Lipinski definition) is 1. The van der Waals surface area contributed by atoms with Crippen LogP contribution in [-0.4, -0.2) is 48.5 Å². The van der Waals surface area contributed by atoms with Crippen molar-refractivity contribution in [1.29, 1.82) is 0 Å². The van der Waals surface area contributed by atoms with Gasteiger partial charge in [0.15, 0.2) is 0 Å². The van der Waals surface area contributed by atoms with Crippen LogP contribution in [0.25, 0.3) is 0 Å². The summed E-state index contributed by atoms with van der Waals surface area (Å²) in [5, 5.41) is 9.41. The number of nitrogens with zero attached hydrogens (tertiary/aromatic N) is 1. The van der Waals surface area contributed by atoms with E-state index in [1.54, 1.807) is 0 Å². The highest BCUT2D eigenvalue weighted by atomic mass is 16.5. The van der Waals surface area contributed by atoms with Gasteiger partial charge in [-0.2, -0.15) is 0 Å². The molecule has 1 atom stereocenters. The average molecular weight is 241 g/mol. The van der Waals surface area contributed by atoms with Crippen LogP contribution in [-0.2, 0) is 4.74 Å². The molecule has 2 fully saturated rings. The van der Waals surface area contributed by atoms with Crippen LogP contribution in [0.5, 0.6) is 0 Å². The van der Waals surface area contributed by atoms with Gasteiger partial charge in [0.05, 0.1) is 25.9 Å². The van der Waals surface area contributed by atoms with Gasteiger partial charge in [-0.05, 0) is 37.5 Å². The van der Waals surface area contributed by atoms with Crippen molar-refractivity contribution in [3.63, 3.8) is 0 Å². The monoisotopic (exact) mass is 241 g/mol. The van der Waals surface area contributed by atoms with Crippen LogP contribution in [0.2, 0.25) is 0 Å². The molecule has 1 heterocycles. The zero-order valence-electron chi connectivity index (χ0n) is 11.3. The van der Waals surface area contributed by atoms with Crippen LogP contribution in [0.1, 0.15) is 39.5 Å². The highest BCUT2D eigenvalue weighted by Crippen LogP contribution is 2.33. The van der Waals surface area contributed by atoms with Crippen molar-refractivity contribution >= 4 is 0 Å². The van der Waals surface area contributed by atoms with E-state index in [2.05, 4.69) is 18.7 Å². The topological polar surface area (TPSA) is 32.7 Å². The molecule has 0 amide bonds. The Kier molecular flexibility index (Phi) is 4.83. The first-order valence-corrected chi connectivity index (χ1v) is 7.16. The summed E-state index contributed by atoms with van der Waals surface area (Å²) in [4.78, 5) is 2.50. The van der Waals surface area contributed by atoms with E-state index in [4.69, 9.17) is 4.74 Å². The first-order valence-electron chi connectivity index (χ1n) is 7.16. The molecule has 1 aliphatic carbocycles. The summed E-state index contributed by atoms with van der Waals surface area (Å²) in [6.07, 6.45) is 5.33. The summed E-state index contributed by atoms with van der Waals surface area (Å²) in [6, 6.07) is 0.926. The quantitative estimate of drug-likeness (QED) is 0.819. The number of aliphatic hydroxyl groups excluding tert-OH is 1. The zero-order valence-corrected chi connectivity index (χ0v) is 11.3. The summed E-state index contributed by atoms with van der Waals surface area (Å²) in [5.41, 5.74) is 0. The predicted molar refractivity (Wildman–Crippen MR) is 69.0 cm³/mol. The van der Waals surface area contributed by atoms with Gasteiger partial charge in [0.2, 0.25) is 0 Å². The molecule has 17 heavy (non-hydrogen) atoms. The maximum absolute atomic E-state index is 9.41. The van der Waals surface area contributed by atoms with E-state index < -0.39 is 0 Å². The minimum Gasteiger partial charge on any atom is -0.395 e. The normalized spacial score (nSPS) is 36.4. The third-order valence-electron chi connectivity index (χ3n) is 4.64. The number of ether oxygens (including phenoxy) is 1. The Bertz CT molecular complexity index is 224. The summed E-state index contributed by atoms with van der Waals surface area (Å²) in [5.74, 6) is 1.74. The molecule has 0 radical (unpaired) electrons. The molecule has 1 saturated heterocycles. The maximum atomic E-state index is 9.41. The molecule has 0 aromatic rings. The van der Waals surface area contributed by atoms with E-state index in [-0.39, 0.29) is 12.6 Å². The fourth-order valence-corrected chi connectivity index (χ4v) is 3.41. The van der Waals surface area contributed by atoms with Gasteiger partial charge in [-0.25, -0.2) is 0 Å². The molecule has 1 aliphatic heterocycles. The van der Waals surface area contributed by atoms with Gasteiger partial charge in [-0.3, -0.25) is 4.90 Å². The maximum Gasteiger partial charge on any atom is 0.0644 e. The second kappa shape index (κ2) is 6.17. The lowest BCUT2D eigenvalue weighted by atomic mass is 9.79. The van der Waals surface area contributed by atoms with Crippen molar-refractivity contribution in [2.75, 3.05) is 26.4 Å². The van der Waals surface area contributed by atoms with Crippen molar-refractivity contribution in [3.05, 3.63) is 0 Å². The van der Waals surface area contributed by atoms with Gasteiger partial charge in [0.1, 0.15) is 0 Å². The Morgan fingerprint density at radius 2 is 1.94 bits per heavy atom. The molecule has 1 saturated carbocycles. The van der Waals surface area contributed by atoms with Crippen molar-refractivity contribution in [2.24, 2.45) is 11.8 Å². The Morgan fingerprint density at radius 1 is 1.24 bits per heavy atom. The van der Waals surface area contributed by atoms with E-state index in [9.17, 15) is 5.11 Å². The number of hydrogen-bond acceptors (Lipinski definition) is 3. The summed E-state index contributed by atoms with van der Waals surface area (Å²) >= 11 is 0. The first-order chi connectivity index (χ1) is 8.22. The summed E-state index contributed by atoms with van der Waals surface area (Å²) < 4.78 is 5.45. The third-order valence-corrected chi connectivity index (χ3v) is 4.64. The van der Waals surface area contributed by atoms with E-state index in [1.807, 2.05) is 0 Å². The second-order valence-electron chi connectivity index (χ2n) is 5.96. The molecule has 3 heteroatoms. The minimum atomic E-state index is 0.240. The van der Waals surface area contributed by atoms with Gasteiger partial charge in [0, 0.05) is 12.6 Å². The summed E-state index contributed by atoms with van der Waals surface area (Å²) in [6.45, 7) is 7.47. The molecule has 0 unspecified atom stereocenters. The third kappa shape index (κ3) is 3.21. The van der Waals surface area contributed by atoms with Crippen LogP contribution >= 0.6 is 0 Å². The molecular formula is C14H27NO2. The SMILES string of the molecule is CC(C)C1CCC(N2CCOC[C@@H]2CO)CC1. The minimum absolute atomic E-state index is 0.240. The smallest absolute Gasteiger partial charge is 0.0644 e. The molecule has 0 aromatic carbocycles. The Labute approximate surface area is 105 Å². The molecule has 0 bridgehead atoms. The van der Waals surface area contributed by atoms with Crippen LogP contribution in [0, 0.1) is 11.8 Å². The zero-order chi connectivity index (χ0) is 12.3. The molecule has 100 valence electrons. The number of morpholine rings is 1. The van der Waals surface area contributed by atoms with Crippen molar-refractivity contribution < 1.29 is 9.84 Å². The lowest BCUT2D eigenvalue weighted by Gasteiger charge is -2.43. The fourth-order valence-electron chi connectivity index (χ4n) is 3.41. The lowest BCUT2D eigenvalue weighted by molar-refractivity contribution is -0.0567. The second-order valence-corrected chi connectivity index (χ2v) is 5.96. The molecule has 2 rings (SSSR count). The van der Waals surface area contributed by atoms with Gasteiger partial charge < -0.3 is 9.84 Å². The highest BCUT2D eigenvalue weighted by molar-refractivity contribution is 4.86. The molecule has 0 spiro atoms. The van der Waals surface area contributed by atoms with Crippen LogP contribution in [0.3, 0.4) is 0 Å². The van der Waals surface area contributed by atoms with E-state index in [1.165, 1.54) is 25.7 Å². The van der Waals surface area contributed by atoms with Crippen LogP contribution < -0.4 is 0 Å². The number of rotatable bonds is 3. The standard InChI is InChI=1S/C14H27NO2/c1-11(2)12-3-5-13(6-4-12)15-7-8-17-10-14(15)9-16/h11-14,16H,3-10H2,1-2H3/t12?,13?,14-/m0/s1. The Hall–Kier alpha value is -0.120. The molecule has 3 nitrogen and oxygen atoms in total. The predicted octanol–water partition coefficient (Wildman–Crippen LogP) is 1.89. The first kappa shape index (κ1) is 13.3. The van der Waals surface area contributed by atoms with Gasteiger partial charge in [-0.1, -0.05) is 13.8 Å². The van der Waals surface area contributed by atoms with Crippen LogP contribution in [0.15, 0.2) is 0 Å². The number of aliphatic hydroxyl groups is 1. The highest BCUT2D eigenvalue weighted by Gasteiger charge is 2.32. The van der Waals surface area contributed by atoms with Crippen molar-refractivity contribution in [3.8, 4) is 0 Å². The fraction of sp³-hybridized carbons (Fsp3) is 1.00. The lowest BCUT2D eigenvalue weighted by Crippen LogP contribution is -2.53. The average Bonchev–Trinajstić information content (AvgIpc) is 2.39. The molecule has 2 aliphatic rings. The van der Waals surface area contributed by atoms with E-state index >= 15 is 0 Å². The Morgan fingerprint density at radius 3 is 2.53 bits per heavy atom. The molecule has 0 aromatic heterocycles. The molecule has 1 N–H and O–H groups in total. The van der Waals surface area contributed by atoms with E-state index in [0.717, 1.165) is 25.0 Å². The van der Waals surface area contributed by atoms with Gasteiger partial charge in [0.25, 0.3) is 0 Å². The summed E-state index contributed by atoms with van der Waals surface area (Å²) in [7, 11) is 0. The van der Waals surface area contributed by atoms with Gasteiger partial charge in [-0.15, -0.1) is 0 Å². The van der Waals surface area contributed by atoms with Crippen molar-refractivity contribution in [2.45, 2.75) is 51.6 Å². The van der Waals surface area contributed by atoms with Gasteiger partial charge >= 0.3 is 0 Å².